The number of aromatic nitrogens is 1. The van der Waals surface area contributed by atoms with Crippen LogP contribution in [0.25, 0.3) is 11.3 Å². The minimum Gasteiger partial charge on any atom is -0.325 e. The van der Waals surface area contributed by atoms with Crippen molar-refractivity contribution in [2.45, 2.75) is 30.4 Å². The average Bonchev–Trinajstić information content (AvgIpc) is 3.07. The normalized spacial score (nSPS) is 12.0. The number of para-hydroxylation sites is 1. The maximum Gasteiger partial charge on any atom is 0.237 e. The van der Waals surface area contributed by atoms with Gasteiger partial charge in [-0.1, -0.05) is 60.3 Å². The zero-order valence-corrected chi connectivity index (χ0v) is 16.1. The summed E-state index contributed by atoms with van der Waals surface area (Å²) in [4.78, 5) is 17.2. The van der Waals surface area contributed by atoms with E-state index in [1.807, 2.05) is 74.7 Å². The summed E-state index contributed by atoms with van der Waals surface area (Å²) in [5.74, 6) is -0.00105. The molecular weight excluding hydrogens is 348 g/mol. The molecule has 128 valence electrons. The van der Waals surface area contributed by atoms with Gasteiger partial charge < -0.3 is 5.32 Å². The van der Waals surface area contributed by atoms with Gasteiger partial charge in [0.1, 0.15) is 0 Å². The van der Waals surface area contributed by atoms with Gasteiger partial charge in [-0.25, -0.2) is 4.98 Å². The van der Waals surface area contributed by atoms with E-state index in [0.29, 0.717) is 0 Å². The van der Waals surface area contributed by atoms with Crippen LogP contribution in [0, 0.1) is 13.8 Å². The second-order valence-corrected chi connectivity index (χ2v) is 8.33. The van der Waals surface area contributed by atoms with Crippen molar-refractivity contribution < 1.29 is 4.79 Å². The molecule has 25 heavy (non-hydrogen) atoms. The lowest BCUT2D eigenvalue weighted by Crippen LogP contribution is -2.23. The highest BCUT2D eigenvalue weighted by atomic mass is 32.2. The van der Waals surface area contributed by atoms with Crippen molar-refractivity contribution in [3.8, 4) is 11.3 Å². The third-order valence-corrected chi connectivity index (χ3v) is 6.00. The lowest BCUT2D eigenvalue weighted by molar-refractivity contribution is -0.115. The first-order valence-electron chi connectivity index (χ1n) is 8.09. The Hall–Kier alpha value is -2.11. The number of carbonyl (C=O) groups excluding carboxylic acids is 1. The van der Waals surface area contributed by atoms with E-state index in [9.17, 15) is 4.79 Å². The second-order valence-electron chi connectivity index (χ2n) is 5.88. The largest absolute Gasteiger partial charge is 0.325 e. The number of thiazole rings is 1. The Morgan fingerprint density at radius 2 is 1.76 bits per heavy atom. The summed E-state index contributed by atoms with van der Waals surface area (Å²) in [5.41, 5.74) is 5.11. The van der Waals surface area contributed by atoms with Crippen molar-refractivity contribution in [3.05, 3.63) is 65.0 Å². The van der Waals surface area contributed by atoms with Gasteiger partial charge in [-0.3, -0.25) is 4.79 Å². The SMILES string of the molecule is Cc1cccc(C)c1NC(=O)C(C)Sc1nc(-c2ccccc2)cs1. The predicted octanol–water partition coefficient (Wildman–Crippen LogP) is 5.55. The van der Waals surface area contributed by atoms with Crippen LogP contribution in [0.3, 0.4) is 0 Å². The van der Waals surface area contributed by atoms with Gasteiger partial charge in [0.2, 0.25) is 5.91 Å². The number of anilines is 1. The molecule has 1 N–H and O–H groups in total. The average molecular weight is 369 g/mol. The fraction of sp³-hybridized carbons (Fsp3) is 0.200. The molecule has 3 aromatic rings. The highest BCUT2D eigenvalue weighted by Crippen LogP contribution is 2.31. The van der Waals surface area contributed by atoms with Crippen LogP contribution < -0.4 is 5.32 Å². The molecule has 3 rings (SSSR count). The maximum absolute atomic E-state index is 12.5. The molecule has 0 saturated heterocycles. The number of nitrogens with one attached hydrogen (secondary N) is 1. The molecule has 0 saturated carbocycles. The molecule has 0 bridgehead atoms. The number of thioether (sulfide) groups is 1. The third kappa shape index (κ3) is 4.30. The van der Waals surface area contributed by atoms with Gasteiger partial charge in [-0.15, -0.1) is 11.3 Å². The molecule has 1 unspecified atom stereocenters. The van der Waals surface area contributed by atoms with E-state index in [1.54, 1.807) is 11.3 Å². The van der Waals surface area contributed by atoms with E-state index in [4.69, 9.17) is 0 Å². The molecule has 1 atom stereocenters. The van der Waals surface area contributed by atoms with Crippen molar-refractivity contribution >= 4 is 34.7 Å². The topological polar surface area (TPSA) is 42.0 Å². The Balaban J connectivity index is 1.67. The zero-order chi connectivity index (χ0) is 17.8. The Morgan fingerprint density at radius 3 is 2.44 bits per heavy atom. The molecule has 1 aromatic heterocycles. The molecule has 1 heterocycles. The maximum atomic E-state index is 12.5. The van der Waals surface area contributed by atoms with E-state index in [-0.39, 0.29) is 11.2 Å². The molecule has 2 aromatic carbocycles. The van der Waals surface area contributed by atoms with Crippen molar-refractivity contribution in [2.24, 2.45) is 0 Å². The number of amides is 1. The van der Waals surface area contributed by atoms with Crippen LogP contribution in [0.15, 0.2) is 58.3 Å². The monoisotopic (exact) mass is 368 g/mol. The van der Waals surface area contributed by atoms with Crippen LogP contribution in [0.2, 0.25) is 0 Å². The molecule has 0 aliphatic carbocycles. The van der Waals surface area contributed by atoms with Crippen LogP contribution in [0.1, 0.15) is 18.1 Å². The van der Waals surface area contributed by atoms with Gasteiger partial charge in [0, 0.05) is 16.6 Å². The van der Waals surface area contributed by atoms with Gasteiger partial charge in [0.15, 0.2) is 4.34 Å². The number of hydrogen-bond acceptors (Lipinski definition) is 4. The number of aryl methyl sites for hydroxylation is 2. The molecule has 0 aliphatic rings. The number of hydrogen-bond donors (Lipinski definition) is 1. The third-order valence-electron chi connectivity index (χ3n) is 3.93. The van der Waals surface area contributed by atoms with E-state index in [2.05, 4.69) is 10.3 Å². The number of carbonyl (C=O) groups is 1. The van der Waals surface area contributed by atoms with Crippen LogP contribution in [-0.4, -0.2) is 16.1 Å². The lowest BCUT2D eigenvalue weighted by Gasteiger charge is -2.14. The molecule has 0 radical (unpaired) electrons. The first-order chi connectivity index (χ1) is 12.0. The highest BCUT2D eigenvalue weighted by Gasteiger charge is 2.18. The van der Waals surface area contributed by atoms with Crippen LogP contribution in [0.4, 0.5) is 5.69 Å². The molecule has 1 amide bonds. The first-order valence-corrected chi connectivity index (χ1v) is 9.85. The highest BCUT2D eigenvalue weighted by molar-refractivity contribution is 8.02. The summed E-state index contributed by atoms with van der Waals surface area (Å²) in [6.07, 6.45) is 0. The molecule has 0 aliphatic heterocycles. The molecule has 3 nitrogen and oxygen atoms in total. The summed E-state index contributed by atoms with van der Waals surface area (Å²) < 4.78 is 0.906. The van der Waals surface area contributed by atoms with Gasteiger partial charge in [-0.2, -0.15) is 0 Å². The second kappa shape index (κ2) is 7.85. The molecule has 0 spiro atoms. The molecule has 0 fully saturated rings. The minimum absolute atomic E-state index is 0.00105. The van der Waals surface area contributed by atoms with E-state index in [0.717, 1.165) is 32.4 Å². The Kier molecular flexibility index (Phi) is 5.56. The summed E-state index contributed by atoms with van der Waals surface area (Å²) in [5, 5.41) is 4.88. The van der Waals surface area contributed by atoms with E-state index in [1.165, 1.54) is 11.8 Å². The lowest BCUT2D eigenvalue weighted by atomic mass is 10.1. The zero-order valence-electron chi connectivity index (χ0n) is 14.4. The van der Waals surface area contributed by atoms with E-state index < -0.39 is 0 Å². The Labute approximate surface area is 156 Å². The number of rotatable bonds is 5. The standard InChI is InChI=1S/C20H20N2OS2/c1-13-8-7-9-14(2)18(13)22-19(23)15(3)25-20-21-17(12-24-20)16-10-5-4-6-11-16/h4-12,15H,1-3H3,(H,22,23). The molecular formula is C20H20N2OS2. The van der Waals surface area contributed by atoms with Crippen molar-refractivity contribution in [2.75, 3.05) is 5.32 Å². The smallest absolute Gasteiger partial charge is 0.237 e. The summed E-state index contributed by atoms with van der Waals surface area (Å²) in [6.45, 7) is 5.93. The van der Waals surface area contributed by atoms with Gasteiger partial charge >= 0.3 is 0 Å². The summed E-state index contributed by atoms with van der Waals surface area (Å²) in [6, 6.07) is 16.1. The quantitative estimate of drug-likeness (QED) is 0.601. The van der Waals surface area contributed by atoms with Gasteiger partial charge in [-0.05, 0) is 31.9 Å². The van der Waals surface area contributed by atoms with Crippen LogP contribution in [-0.2, 0) is 4.79 Å². The minimum atomic E-state index is -0.214. The Bertz CT molecular complexity index is 854. The van der Waals surface area contributed by atoms with Gasteiger partial charge in [0.25, 0.3) is 0 Å². The summed E-state index contributed by atoms with van der Waals surface area (Å²) in [7, 11) is 0. The fourth-order valence-corrected chi connectivity index (χ4v) is 4.47. The van der Waals surface area contributed by atoms with Crippen molar-refractivity contribution in [1.29, 1.82) is 0 Å². The number of nitrogens with zero attached hydrogens (tertiary/aromatic N) is 1. The summed E-state index contributed by atoms with van der Waals surface area (Å²) >= 11 is 3.07. The predicted molar refractivity (Wildman–Crippen MR) is 107 cm³/mol. The fourth-order valence-electron chi connectivity index (χ4n) is 2.49. The van der Waals surface area contributed by atoms with Crippen molar-refractivity contribution in [1.82, 2.24) is 4.98 Å². The number of benzene rings is 2. The van der Waals surface area contributed by atoms with Gasteiger partial charge in [0.05, 0.1) is 10.9 Å². The first kappa shape index (κ1) is 17.7. The van der Waals surface area contributed by atoms with E-state index >= 15 is 0 Å². The molecule has 5 heteroatoms. The van der Waals surface area contributed by atoms with Crippen molar-refractivity contribution in [3.63, 3.8) is 0 Å². The van der Waals surface area contributed by atoms with Crippen LogP contribution >= 0.6 is 23.1 Å². The van der Waals surface area contributed by atoms with Crippen LogP contribution in [0.5, 0.6) is 0 Å². The Morgan fingerprint density at radius 1 is 1.08 bits per heavy atom.